The van der Waals surface area contributed by atoms with Crippen molar-refractivity contribution >= 4 is 35.9 Å². The average molecular weight is 394 g/mol. The van der Waals surface area contributed by atoms with E-state index in [0.717, 1.165) is 6.08 Å². The molecule has 0 aromatic heterocycles. The van der Waals surface area contributed by atoms with Crippen molar-refractivity contribution in [3.63, 3.8) is 0 Å². The van der Waals surface area contributed by atoms with Crippen LogP contribution in [0.1, 0.15) is 31.8 Å². The number of urea groups is 1. The lowest BCUT2D eigenvalue weighted by Gasteiger charge is -2.14. The molecule has 2 aromatic rings. The molecule has 0 spiro atoms. The van der Waals surface area contributed by atoms with Crippen LogP contribution in [0.5, 0.6) is 0 Å². The zero-order valence-corrected chi connectivity index (χ0v) is 15.0. The van der Waals surface area contributed by atoms with E-state index in [2.05, 4.69) is 0 Å². The molecule has 9 heteroatoms. The molecule has 0 atom stereocenters. The minimum Gasteiger partial charge on any atom is -0.478 e. The molecule has 2 aromatic carbocycles. The Morgan fingerprint density at radius 1 is 0.793 bits per heavy atom. The van der Waals surface area contributed by atoms with Crippen LogP contribution < -0.4 is 10.6 Å². The van der Waals surface area contributed by atoms with E-state index in [1.165, 1.54) is 30.3 Å². The summed E-state index contributed by atoms with van der Waals surface area (Å²) in [5.74, 6) is -4.20. The second-order valence-corrected chi connectivity index (χ2v) is 6.34. The van der Waals surface area contributed by atoms with Gasteiger partial charge >= 0.3 is 18.0 Å². The number of barbiturate groups is 1. The number of carbonyl (C=O) groups excluding carboxylic acids is 3. The summed E-state index contributed by atoms with van der Waals surface area (Å²) in [6.07, 6.45) is 1.15. The van der Waals surface area contributed by atoms with E-state index in [1.807, 2.05) is 10.6 Å². The summed E-state index contributed by atoms with van der Waals surface area (Å²) in [6, 6.07) is 7.73. The summed E-state index contributed by atoms with van der Waals surface area (Å²) in [7, 11) is 0. The number of carboxylic acid groups (broad SMARTS) is 2. The van der Waals surface area contributed by atoms with Crippen molar-refractivity contribution in [2.24, 2.45) is 0 Å². The van der Waals surface area contributed by atoms with Crippen molar-refractivity contribution in [1.82, 2.24) is 10.6 Å². The first kappa shape index (κ1) is 19.5. The van der Waals surface area contributed by atoms with Crippen LogP contribution in [0.2, 0.25) is 0 Å². The first-order chi connectivity index (χ1) is 13.6. The van der Waals surface area contributed by atoms with Gasteiger partial charge in [0.1, 0.15) is 5.57 Å². The Balaban J connectivity index is 2.15. The zero-order chi connectivity index (χ0) is 21.3. The van der Waals surface area contributed by atoms with Gasteiger partial charge in [0.15, 0.2) is 0 Å². The second-order valence-electron chi connectivity index (χ2n) is 6.34. The lowest BCUT2D eigenvalue weighted by Crippen LogP contribution is -2.51. The lowest BCUT2D eigenvalue weighted by atomic mass is 9.95. The Kier molecular flexibility index (Phi) is 4.97. The fraction of sp³-hybridized carbons (Fsp3) is 0.0500. The molecule has 4 amide bonds. The first-order valence-electron chi connectivity index (χ1n) is 8.26. The van der Waals surface area contributed by atoms with Gasteiger partial charge in [0, 0.05) is 0 Å². The van der Waals surface area contributed by atoms with Crippen molar-refractivity contribution in [3.8, 4) is 11.1 Å². The third kappa shape index (κ3) is 4.19. The van der Waals surface area contributed by atoms with Crippen molar-refractivity contribution < 1.29 is 34.2 Å². The van der Waals surface area contributed by atoms with Gasteiger partial charge in [-0.05, 0) is 65.6 Å². The van der Waals surface area contributed by atoms with E-state index in [9.17, 15) is 34.2 Å². The van der Waals surface area contributed by atoms with Gasteiger partial charge in [-0.25, -0.2) is 14.4 Å². The molecule has 146 valence electrons. The van der Waals surface area contributed by atoms with Gasteiger partial charge in [0.05, 0.1) is 11.1 Å². The highest BCUT2D eigenvalue weighted by molar-refractivity contribution is 6.31. The molecule has 1 saturated heterocycles. The van der Waals surface area contributed by atoms with Gasteiger partial charge in [-0.1, -0.05) is 6.07 Å². The molecular weight excluding hydrogens is 380 g/mol. The van der Waals surface area contributed by atoms with Crippen molar-refractivity contribution in [3.05, 3.63) is 64.2 Å². The number of aryl methyl sites for hydroxylation is 1. The highest BCUT2D eigenvalue weighted by Gasteiger charge is 2.27. The summed E-state index contributed by atoms with van der Waals surface area (Å²) < 4.78 is 0. The zero-order valence-electron chi connectivity index (χ0n) is 15.0. The predicted octanol–water partition coefficient (Wildman–Crippen LogP) is 1.81. The number of hydrogen-bond acceptors (Lipinski definition) is 5. The summed E-state index contributed by atoms with van der Waals surface area (Å²) in [5.41, 5.74) is 1.26. The summed E-state index contributed by atoms with van der Waals surface area (Å²) in [5, 5.41) is 22.5. The van der Waals surface area contributed by atoms with E-state index in [1.54, 1.807) is 13.0 Å². The van der Waals surface area contributed by atoms with E-state index >= 15 is 0 Å². The van der Waals surface area contributed by atoms with Crippen LogP contribution in [0.4, 0.5) is 4.79 Å². The Hall–Kier alpha value is -4.27. The Morgan fingerprint density at radius 3 is 1.86 bits per heavy atom. The number of nitrogens with one attached hydrogen (secondary N) is 2. The van der Waals surface area contributed by atoms with Crippen LogP contribution in [0.25, 0.3) is 17.2 Å². The smallest absolute Gasteiger partial charge is 0.335 e. The number of aromatic carboxylic acids is 2. The maximum atomic E-state index is 11.9. The summed E-state index contributed by atoms with van der Waals surface area (Å²) in [6.45, 7) is 1.70. The topological polar surface area (TPSA) is 150 Å². The van der Waals surface area contributed by atoms with E-state index in [4.69, 9.17) is 0 Å². The molecule has 3 rings (SSSR count). The number of hydrogen-bond donors (Lipinski definition) is 4. The fourth-order valence-corrected chi connectivity index (χ4v) is 2.87. The molecule has 0 aliphatic carbocycles. The van der Waals surface area contributed by atoms with Crippen LogP contribution in [0.3, 0.4) is 0 Å². The van der Waals surface area contributed by atoms with Gasteiger partial charge in [-0.3, -0.25) is 20.2 Å². The van der Waals surface area contributed by atoms with E-state index in [-0.39, 0.29) is 22.3 Å². The minimum atomic E-state index is -1.25. The number of benzene rings is 2. The molecule has 1 heterocycles. The summed E-state index contributed by atoms with van der Waals surface area (Å²) in [4.78, 5) is 57.8. The second kappa shape index (κ2) is 7.39. The number of carboxylic acids is 2. The average Bonchev–Trinajstić information content (AvgIpc) is 2.63. The van der Waals surface area contributed by atoms with E-state index in [0.29, 0.717) is 16.7 Å². The molecule has 0 saturated carbocycles. The molecule has 1 fully saturated rings. The molecule has 29 heavy (non-hydrogen) atoms. The summed E-state index contributed by atoms with van der Waals surface area (Å²) >= 11 is 0. The van der Waals surface area contributed by atoms with Crippen molar-refractivity contribution in [2.75, 3.05) is 0 Å². The van der Waals surface area contributed by atoms with Crippen LogP contribution in [0, 0.1) is 6.92 Å². The SMILES string of the molecule is Cc1cc(C(=O)O)cc(-c2cc(C=C3C(=O)NC(=O)NC3=O)cc(C(=O)O)c2)c1. The highest BCUT2D eigenvalue weighted by Crippen LogP contribution is 2.26. The number of rotatable bonds is 4. The van der Waals surface area contributed by atoms with Crippen LogP contribution in [-0.2, 0) is 9.59 Å². The van der Waals surface area contributed by atoms with Gasteiger partial charge in [-0.15, -0.1) is 0 Å². The molecule has 0 unspecified atom stereocenters. The molecule has 4 N–H and O–H groups in total. The molecule has 1 aliphatic rings. The molecule has 0 bridgehead atoms. The van der Waals surface area contributed by atoms with Crippen molar-refractivity contribution in [2.45, 2.75) is 6.92 Å². The number of carbonyl (C=O) groups is 5. The standard InChI is InChI=1S/C20H14N2O7/c1-9-2-11(7-13(3-9)18(25)26)12-4-10(5-14(8-12)19(27)28)6-15-16(23)21-20(29)22-17(15)24/h2-8H,1H3,(H,25,26)(H,27,28)(H2,21,22,23,24,29). The maximum absolute atomic E-state index is 11.9. The van der Waals surface area contributed by atoms with Crippen LogP contribution in [0.15, 0.2) is 42.0 Å². The largest absolute Gasteiger partial charge is 0.478 e. The van der Waals surface area contributed by atoms with E-state index < -0.39 is 29.8 Å². The van der Waals surface area contributed by atoms with Gasteiger partial charge in [0.2, 0.25) is 0 Å². The normalized spacial score (nSPS) is 13.6. The third-order valence-electron chi connectivity index (χ3n) is 4.11. The van der Waals surface area contributed by atoms with Gasteiger partial charge in [-0.2, -0.15) is 0 Å². The van der Waals surface area contributed by atoms with Gasteiger partial charge < -0.3 is 10.2 Å². The Labute approximate surface area is 163 Å². The number of imide groups is 2. The minimum absolute atomic E-state index is 0.0326. The first-order valence-corrected chi connectivity index (χ1v) is 8.26. The molecular formula is C20H14N2O7. The fourth-order valence-electron chi connectivity index (χ4n) is 2.87. The number of amides is 4. The molecule has 0 radical (unpaired) electrons. The monoisotopic (exact) mass is 394 g/mol. The van der Waals surface area contributed by atoms with Gasteiger partial charge in [0.25, 0.3) is 11.8 Å². The Morgan fingerprint density at radius 2 is 1.31 bits per heavy atom. The highest BCUT2D eigenvalue weighted by atomic mass is 16.4. The van der Waals surface area contributed by atoms with Crippen LogP contribution >= 0.6 is 0 Å². The Bertz CT molecular complexity index is 1110. The molecule has 9 nitrogen and oxygen atoms in total. The van der Waals surface area contributed by atoms with Crippen molar-refractivity contribution in [1.29, 1.82) is 0 Å². The quantitative estimate of drug-likeness (QED) is 0.456. The maximum Gasteiger partial charge on any atom is 0.335 e. The molecule has 1 aliphatic heterocycles. The predicted molar refractivity (Wildman–Crippen MR) is 100 cm³/mol. The third-order valence-corrected chi connectivity index (χ3v) is 4.11. The lowest BCUT2D eigenvalue weighted by molar-refractivity contribution is -0.123. The van der Waals surface area contributed by atoms with Crippen LogP contribution in [-0.4, -0.2) is 40.0 Å².